The number of carbonyl (C=O) groups is 1. The first kappa shape index (κ1) is 12.8. The molecule has 5 heteroatoms. The summed E-state index contributed by atoms with van der Waals surface area (Å²) in [6.07, 6.45) is 2.56. The highest BCUT2D eigenvalue weighted by atomic mass is 79.9. The van der Waals surface area contributed by atoms with Crippen molar-refractivity contribution in [3.05, 3.63) is 46.2 Å². The summed E-state index contributed by atoms with van der Waals surface area (Å²) in [7, 11) is 0. The Kier molecular flexibility index (Phi) is 3.81. The van der Waals surface area contributed by atoms with E-state index in [-0.39, 0.29) is 5.78 Å². The third-order valence-electron chi connectivity index (χ3n) is 2.64. The Morgan fingerprint density at radius 1 is 1.44 bits per heavy atom. The molecule has 2 rings (SSSR count). The number of halogens is 1. The second-order valence-electron chi connectivity index (χ2n) is 4.00. The first-order valence-electron chi connectivity index (χ1n) is 5.75. The Morgan fingerprint density at radius 2 is 2.22 bits per heavy atom. The van der Waals surface area contributed by atoms with Crippen LogP contribution in [0, 0.1) is 0 Å². The smallest absolute Gasteiger partial charge is 0.213 e. The number of nitrogen functional groups attached to an aromatic ring is 1. The van der Waals surface area contributed by atoms with Crippen LogP contribution in [0.3, 0.4) is 0 Å². The van der Waals surface area contributed by atoms with Crippen LogP contribution in [0.4, 0.5) is 5.69 Å². The molecule has 2 N–H and O–H groups in total. The van der Waals surface area contributed by atoms with Gasteiger partial charge in [0, 0.05) is 28.5 Å². The van der Waals surface area contributed by atoms with Gasteiger partial charge in [0.25, 0.3) is 0 Å². The lowest BCUT2D eigenvalue weighted by molar-refractivity contribution is 0.102. The van der Waals surface area contributed by atoms with Gasteiger partial charge in [-0.05, 0) is 30.7 Å². The van der Waals surface area contributed by atoms with Gasteiger partial charge in [-0.15, -0.1) is 0 Å². The van der Waals surface area contributed by atoms with Gasteiger partial charge >= 0.3 is 0 Å². The lowest BCUT2D eigenvalue weighted by atomic mass is 10.1. The SMILES string of the molecule is CCCn1nccc1C(=O)c1cc(Br)ccc1N. The largest absolute Gasteiger partial charge is 0.398 e. The van der Waals surface area contributed by atoms with Crippen molar-refractivity contribution in [1.29, 1.82) is 0 Å². The molecule has 0 amide bonds. The Labute approximate surface area is 114 Å². The molecule has 0 atom stereocenters. The van der Waals surface area contributed by atoms with Gasteiger partial charge in [-0.25, -0.2) is 0 Å². The zero-order valence-corrected chi connectivity index (χ0v) is 11.6. The number of benzene rings is 1. The van der Waals surface area contributed by atoms with Gasteiger partial charge in [-0.1, -0.05) is 22.9 Å². The first-order valence-corrected chi connectivity index (χ1v) is 6.54. The number of hydrogen-bond donors (Lipinski definition) is 1. The maximum atomic E-state index is 12.4. The molecule has 0 aliphatic heterocycles. The monoisotopic (exact) mass is 307 g/mol. The van der Waals surface area contributed by atoms with E-state index in [0.717, 1.165) is 17.4 Å². The van der Waals surface area contributed by atoms with Gasteiger partial charge in [-0.3, -0.25) is 9.48 Å². The van der Waals surface area contributed by atoms with E-state index in [2.05, 4.69) is 21.0 Å². The maximum absolute atomic E-state index is 12.4. The van der Waals surface area contributed by atoms with E-state index in [1.807, 2.05) is 13.0 Å². The molecule has 0 radical (unpaired) electrons. The van der Waals surface area contributed by atoms with E-state index in [0.29, 0.717) is 16.9 Å². The summed E-state index contributed by atoms with van der Waals surface area (Å²) in [6, 6.07) is 6.99. The molecular formula is C13H14BrN3O. The van der Waals surface area contributed by atoms with Crippen LogP contribution >= 0.6 is 15.9 Å². The number of anilines is 1. The fourth-order valence-corrected chi connectivity index (χ4v) is 2.14. The molecule has 1 aromatic heterocycles. The van der Waals surface area contributed by atoms with Crippen molar-refractivity contribution in [1.82, 2.24) is 9.78 Å². The summed E-state index contributed by atoms with van der Waals surface area (Å²) in [6.45, 7) is 2.77. The van der Waals surface area contributed by atoms with Crippen LogP contribution in [-0.4, -0.2) is 15.6 Å². The number of rotatable bonds is 4. The van der Waals surface area contributed by atoms with E-state index in [9.17, 15) is 4.79 Å². The molecule has 0 spiro atoms. The fourth-order valence-electron chi connectivity index (χ4n) is 1.78. The number of nitrogens with two attached hydrogens (primary N) is 1. The molecule has 0 saturated carbocycles. The third kappa shape index (κ3) is 2.46. The maximum Gasteiger partial charge on any atom is 0.213 e. The summed E-state index contributed by atoms with van der Waals surface area (Å²) in [5, 5.41) is 4.15. The van der Waals surface area contributed by atoms with Gasteiger partial charge < -0.3 is 5.73 Å². The highest BCUT2D eigenvalue weighted by molar-refractivity contribution is 9.10. The van der Waals surface area contributed by atoms with Crippen molar-refractivity contribution in [2.24, 2.45) is 0 Å². The van der Waals surface area contributed by atoms with Crippen molar-refractivity contribution in [2.45, 2.75) is 19.9 Å². The van der Waals surface area contributed by atoms with Gasteiger partial charge in [0.15, 0.2) is 0 Å². The van der Waals surface area contributed by atoms with Crippen LogP contribution in [0.25, 0.3) is 0 Å². The van der Waals surface area contributed by atoms with E-state index in [1.165, 1.54) is 0 Å². The predicted octanol–water partition coefficient (Wildman–Crippen LogP) is 2.87. The molecule has 0 aliphatic carbocycles. The highest BCUT2D eigenvalue weighted by Gasteiger charge is 2.16. The average molecular weight is 308 g/mol. The van der Waals surface area contributed by atoms with Gasteiger partial charge in [0.1, 0.15) is 5.69 Å². The van der Waals surface area contributed by atoms with Crippen LogP contribution in [0.5, 0.6) is 0 Å². The average Bonchev–Trinajstić information content (AvgIpc) is 2.80. The molecule has 4 nitrogen and oxygen atoms in total. The summed E-state index contributed by atoms with van der Waals surface area (Å²) in [5.41, 5.74) is 7.40. The van der Waals surface area contributed by atoms with Crippen LogP contribution in [0.2, 0.25) is 0 Å². The molecule has 2 aromatic rings. The summed E-state index contributed by atoms with van der Waals surface area (Å²) in [4.78, 5) is 12.4. The zero-order valence-electron chi connectivity index (χ0n) is 10.1. The molecule has 94 valence electrons. The van der Waals surface area contributed by atoms with Crippen molar-refractivity contribution in [3.8, 4) is 0 Å². The molecule has 0 saturated heterocycles. The predicted molar refractivity (Wildman–Crippen MR) is 74.5 cm³/mol. The minimum atomic E-state index is -0.0975. The molecule has 1 aromatic carbocycles. The molecule has 0 aliphatic rings. The van der Waals surface area contributed by atoms with Crippen LogP contribution in [-0.2, 0) is 6.54 Å². The number of carbonyl (C=O) groups excluding carboxylic acids is 1. The van der Waals surface area contributed by atoms with Crippen LogP contribution < -0.4 is 5.73 Å². The molecular weight excluding hydrogens is 294 g/mol. The number of aryl methyl sites for hydroxylation is 1. The second kappa shape index (κ2) is 5.35. The van der Waals surface area contributed by atoms with E-state index in [4.69, 9.17) is 5.73 Å². The molecule has 18 heavy (non-hydrogen) atoms. The second-order valence-corrected chi connectivity index (χ2v) is 4.92. The summed E-state index contributed by atoms with van der Waals surface area (Å²) < 4.78 is 2.55. The van der Waals surface area contributed by atoms with Gasteiger partial charge in [0.2, 0.25) is 5.78 Å². The van der Waals surface area contributed by atoms with Crippen LogP contribution in [0.1, 0.15) is 29.4 Å². The quantitative estimate of drug-likeness (QED) is 0.698. The van der Waals surface area contributed by atoms with E-state index >= 15 is 0 Å². The Bertz CT molecular complexity index is 577. The third-order valence-corrected chi connectivity index (χ3v) is 3.14. The lowest BCUT2D eigenvalue weighted by Gasteiger charge is -2.07. The minimum Gasteiger partial charge on any atom is -0.398 e. The molecule has 1 heterocycles. The number of hydrogen-bond acceptors (Lipinski definition) is 3. The van der Waals surface area contributed by atoms with Crippen molar-refractivity contribution in [3.63, 3.8) is 0 Å². The van der Waals surface area contributed by atoms with Crippen molar-refractivity contribution >= 4 is 27.4 Å². The minimum absolute atomic E-state index is 0.0975. The first-order chi connectivity index (χ1) is 8.63. The molecule has 0 unspecified atom stereocenters. The molecule has 0 fully saturated rings. The molecule has 0 bridgehead atoms. The van der Waals surface area contributed by atoms with Gasteiger partial charge in [-0.2, -0.15) is 5.10 Å². The van der Waals surface area contributed by atoms with E-state index < -0.39 is 0 Å². The van der Waals surface area contributed by atoms with Gasteiger partial charge in [0.05, 0.1) is 0 Å². The Morgan fingerprint density at radius 3 is 2.94 bits per heavy atom. The number of nitrogens with zero attached hydrogens (tertiary/aromatic N) is 2. The number of ketones is 1. The van der Waals surface area contributed by atoms with Crippen LogP contribution in [0.15, 0.2) is 34.9 Å². The topological polar surface area (TPSA) is 60.9 Å². The van der Waals surface area contributed by atoms with Crippen molar-refractivity contribution < 1.29 is 4.79 Å². The van der Waals surface area contributed by atoms with E-state index in [1.54, 1.807) is 29.1 Å². The zero-order chi connectivity index (χ0) is 13.1. The summed E-state index contributed by atoms with van der Waals surface area (Å²) >= 11 is 3.35. The normalized spacial score (nSPS) is 10.6. The Balaban J connectivity index is 2.41. The fraction of sp³-hybridized carbons (Fsp3) is 0.231. The summed E-state index contributed by atoms with van der Waals surface area (Å²) in [5.74, 6) is -0.0975. The lowest BCUT2D eigenvalue weighted by Crippen LogP contribution is -2.13. The number of aromatic nitrogens is 2. The highest BCUT2D eigenvalue weighted by Crippen LogP contribution is 2.21. The van der Waals surface area contributed by atoms with Crippen molar-refractivity contribution in [2.75, 3.05) is 5.73 Å². The standard InChI is InChI=1S/C13H14BrN3O/c1-2-7-17-12(5-6-16-17)13(18)10-8-9(14)3-4-11(10)15/h3-6,8H,2,7,15H2,1H3. The Hall–Kier alpha value is -1.62.